The molecule has 0 aliphatic rings. The first-order chi connectivity index (χ1) is 10.3. The highest BCUT2D eigenvalue weighted by atomic mass is 19.1. The third-order valence-corrected chi connectivity index (χ3v) is 3.52. The monoisotopic (exact) mass is 276 g/mol. The second kappa shape index (κ2) is 4.59. The number of fused-ring (bicyclic) bond motifs is 2. The van der Waals surface area contributed by atoms with Crippen molar-refractivity contribution in [3.63, 3.8) is 0 Å². The maximum Gasteiger partial charge on any atom is 0.264 e. The Hall–Kier alpha value is -2.88. The first-order valence-electron chi connectivity index (χ1n) is 6.63. The molecule has 0 spiro atoms. The minimum Gasteiger partial charge on any atom is -0.223 e. The summed E-state index contributed by atoms with van der Waals surface area (Å²) >= 11 is 0. The molecule has 4 heteroatoms. The zero-order valence-corrected chi connectivity index (χ0v) is 11.1. The molecule has 100 valence electrons. The van der Waals surface area contributed by atoms with Crippen molar-refractivity contribution >= 4 is 16.3 Å². The van der Waals surface area contributed by atoms with Crippen LogP contribution in [0.1, 0.15) is 0 Å². The standard InChI is InChI=1S/C17H11FN3/c18-15-7-5-12(6-8-15)17-16-9-13-3-1-2-4-14(13)10-21(16)20-11-19-17/h1-11H/q+1. The highest BCUT2D eigenvalue weighted by Gasteiger charge is 2.14. The van der Waals surface area contributed by atoms with Crippen LogP contribution in [0.4, 0.5) is 4.39 Å². The van der Waals surface area contributed by atoms with E-state index in [0.29, 0.717) is 0 Å². The van der Waals surface area contributed by atoms with Crippen LogP contribution in [0, 0.1) is 5.82 Å². The molecular weight excluding hydrogens is 265 g/mol. The van der Waals surface area contributed by atoms with Gasteiger partial charge >= 0.3 is 0 Å². The molecular formula is C17H11FN3+. The highest BCUT2D eigenvalue weighted by Crippen LogP contribution is 2.22. The molecule has 4 aromatic rings. The molecule has 2 heterocycles. The van der Waals surface area contributed by atoms with Gasteiger partial charge in [0.15, 0.2) is 6.33 Å². The molecule has 0 saturated carbocycles. The Bertz CT molecular complexity index is 949. The van der Waals surface area contributed by atoms with Crippen LogP contribution in [-0.4, -0.2) is 10.1 Å². The second-order valence-electron chi connectivity index (χ2n) is 4.85. The minimum atomic E-state index is -0.254. The van der Waals surface area contributed by atoms with Crippen molar-refractivity contribution in [3.8, 4) is 11.3 Å². The van der Waals surface area contributed by atoms with Crippen molar-refractivity contribution in [2.24, 2.45) is 0 Å². The number of pyridine rings is 1. The van der Waals surface area contributed by atoms with Gasteiger partial charge in [0, 0.05) is 22.1 Å². The molecule has 0 N–H and O–H groups in total. The van der Waals surface area contributed by atoms with Crippen LogP contribution in [0.3, 0.4) is 0 Å². The molecule has 2 aromatic heterocycles. The fourth-order valence-electron chi connectivity index (χ4n) is 2.48. The zero-order chi connectivity index (χ0) is 14.2. The Kier molecular flexibility index (Phi) is 2.60. The number of hydrogen-bond acceptors (Lipinski definition) is 2. The third-order valence-electron chi connectivity index (χ3n) is 3.52. The van der Waals surface area contributed by atoms with Gasteiger partial charge in [-0.15, -0.1) is 0 Å². The average Bonchev–Trinajstić information content (AvgIpc) is 2.53. The van der Waals surface area contributed by atoms with Crippen LogP contribution in [0.25, 0.3) is 27.5 Å². The summed E-state index contributed by atoms with van der Waals surface area (Å²) in [7, 11) is 0. The summed E-state index contributed by atoms with van der Waals surface area (Å²) in [6.45, 7) is 0. The van der Waals surface area contributed by atoms with Crippen LogP contribution in [0.5, 0.6) is 0 Å². The quantitative estimate of drug-likeness (QED) is 0.395. The van der Waals surface area contributed by atoms with Gasteiger partial charge in [-0.25, -0.2) is 9.37 Å². The second-order valence-corrected chi connectivity index (χ2v) is 4.85. The van der Waals surface area contributed by atoms with Crippen LogP contribution in [-0.2, 0) is 0 Å². The summed E-state index contributed by atoms with van der Waals surface area (Å²) in [6.07, 6.45) is 3.49. The Morgan fingerprint density at radius 2 is 1.67 bits per heavy atom. The van der Waals surface area contributed by atoms with Gasteiger partial charge in [-0.05, 0) is 40.2 Å². The molecule has 0 radical (unpaired) electrons. The SMILES string of the molecule is Fc1ccc(-c2ncn[n+]3cc4ccccc4cc23)cc1. The highest BCUT2D eigenvalue weighted by molar-refractivity contribution is 5.87. The van der Waals surface area contributed by atoms with E-state index in [1.807, 2.05) is 30.5 Å². The number of hydrogen-bond donors (Lipinski definition) is 0. The van der Waals surface area contributed by atoms with Gasteiger partial charge in [-0.1, -0.05) is 18.2 Å². The van der Waals surface area contributed by atoms with Gasteiger partial charge in [0.2, 0.25) is 6.20 Å². The molecule has 0 saturated heterocycles. The van der Waals surface area contributed by atoms with E-state index in [1.165, 1.54) is 18.5 Å². The number of aromatic nitrogens is 3. The number of halogens is 1. The van der Waals surface area contributed by atoms with E-state index >= 15 is 0 Å². The lowest BCUT2D eigenvalue weighted by Gasteiger charge is -2.01. The van der Waals surface area contributed by atoms with Crippen molar-refractivity contribution in [2.75, 3.05) is 0 Å². The Morgan fingerprint density at radius 1 is 0.905 bits per heavy atom. The van der Waals surface area contributed by atoms with E-state index in [1.54, 1.807) is 16.6 Å². The predicted molar refractivity (Wildman–Crippen MR) is 78.1 cm³/mol. The van der Waals surface area contributed by atoms with Crippen LogP contribution < -0.4 is 4.52 Å². The third kappa shape index (κ3) is 2.01. The van der Waals surface area contributed by atoms with Crippen molar-refractivity contribution in [2.45, 2.75) is 0 Å². The predicted octanol–water partition coefficient (Wildman–Crippen LogP) is 3.17. The Labute approximate surface area is 120 Å². The fourth-order valence-corrected chi connectivity index (χ4v) is 2.48. The first-order valence-corrected chi connectivity index (χ1v) is 6.63. The summed E-state index contributed by atoms with van der Waals surface area (Å²) in [5.74, 6) is -0.254. The normalized spacial score (nSPS) is 11.1. The van der Waals surface area contributed by atoms with Gasteiger partial charge in [-0.3, -0.25) is 0 Å². The molecule has 0 amide bonds. The lowest BCUT2D eigenvalue weighted by atomic mass is 10.1. The molecule has 0 atom stereocenters. The van der Waals surface area contributed by atoms with Gasteiger partial charge in [0.1, 0.15) is 11.5 Å². The van der Waals surface area contributed by atoms with E-state index in [2.05, 4.69) is 16.1 Å². The van der Waals surface area contributed by atoms with E-state index in [4.69, 9.17) is 0 Å². The van der Waals surface area contributed by atoms with Gasteiger partial charge in [0.05, 0.1) is 0 Å². The molecule has 3 nitrogen and oxygen atoms in total. The summed E-state index contributed by atoms with van der Waals surface area (Å²) in [5.41, 5.74) is 2.55. The lowest BCUT2D eigenvalue weighted by Crippen LogP contribution is -2.27. The fraction of sp³-hybridized carbons (Fsp3) is 0. The molecule has 4 rings (SSSR count). The van der Waals surface area contributed by atoms with Crippen LogP contribution in [0.15, 0.2) is 67.1 Å². The van der Waals surface area contributed by atoms with E-state index in [9.17, 15) is 4.39 Å². The van der Waals surface area contributed by atoms with Crippen LogP contribution >= 0.6 is 0 Å². The summed E-state index contributed by atoms with van der Waals surface area (Å²) in [4.78, 5) is 4.36. The molecule has 0 aliphatic carbocycles. The van der Waals surface area contributed by atoms with Crippen molar-refractivity contribution in [1.82, 2.24) is 10.1 Å². The molecule has 2 aromatic carbocycles. The molecule has 0 bridgehead atoms. The molecule has 0 unspecified atom stereocenters. The van der Waals surface area contributed by atoms with Crippen molar-refractivity contribution in [1.29, 1.82) is 0 Å². The lowest BCUT2D eigenvalue weighted by molar-refractivity contribution is -0.579. The van der Waals surface area contributed by atoms with Crippen LogP contribution in [0.2, 0.25) is 0 Å². The molecule has 0 aliphatic heterocycles. The Morgan fingerprint density at radius 3 is 2.48 bits per heavy atom. The topological polar surface area (TPSA) is 29.9 Å². The average molecular weight is 276 g/mol. The van der Waals surface area contributed by atoms with Gasteiger partial charge < -0.3 is 0 Å². The summed E-state index contributed by atoms with van der Waals surface area (Å²) in [5, 5.41) is 6.50. The maximum atomic E-state index is 13.1. The van der Waals surface area contributed by atoms with Crippen molar-refractivity contribution in [3.05, 3.63) is 72.9 Å². The zero-order valence-electron chi connectivity index (χ0n) is 11.1. The molecule has 21 heavy (non-hydrogen) atoms. The molecule has 0 fully saturated rings. The number of benzene rings is 2. The number of nitrogens with zero attached hydrogens (tertiary/aromatic N) is 3. The minimum absolute atomic E-state index is 0.254. The summed E-state index contributed by atoms with van der Waals surface area (Å²) in [6, 6.07) is 16.5. The Balaban J connectivity index is 2.04. The largest absolute Gasteiger partial charge is 0.264 e. The van der Waals surface area contributed by atoms with Gasteiger partial charge in [-0.2, -0.15) is 0 Å². The van der Waals surface area contributed by atoms with E-state index in [-0.39, 0.29) is 5.82 Å². The van der Waals surface area contributed by atoms with Gasteiger partial charge in [0.25, 0.3) is 5.52 Å². The van der Waals surface area contributed by atoms with E-state index < -0.39 is 0 Å². The van der Waals surface area contributed by atoms with Crippen molar-refractivity contribution < 1.29 is 8.91 Å². The number of rotatable bonds is 1. The maximum absolute atomic E-state index is 13.1. The summed E-state index contributed by atoms with van der Waals surface area (Å²) < 4.78 is 14.9. The first kappa shape index (κ1) is 11.9. The smallest absolute Gasteiger partial charge is 0.223 e. The van der Waals surface area contributed by atoms with E-state index in [0.717, 1.165) is 27.5 Å².